The molecule has 1 atom stereocenters. The molecule has 2 aromatic carbocycles. The van der Waals surface area contributed by atoms with E-state index in [9.17, 15) is 0 Å². The van der Waals surface area contributed by atoms with Gasteiger partial charge in [0.25, 0.3) is 0 Å². The van der Waals surface area contributed by atoms with E-state index in [0.29, 0.717) is 0 Å². The zero-order valence-electron chi connectivity index (χ0n) is 16.9. The summed E-state index contributed by atoms with van der Waals surface area (Å²) in [7, 11) is 0. The molecule has 1 aromatic heterocycles. The van der Waals surface area contributed by atoms with Crippen molar-refractivity contribution in [1.82, 2.24) is 19.4 Å². The molecular formula is C24H29ClN4. The zero-order valence-corrected chi connectivity index (χ0v) is 17.7. The monoisotopic (exact) mass is 408 g/mol. The van der Waals surface area contributed by atoms with Crippen molar-refractivity contribution in [3.8, 4) is 0 Å². The normalized spacial score (nSPS) is 21.2. The molecule has 0 bridgehead atoms. The van der Waals surface area contributed by atoms with Crippen molar-refractivity contribution in [3.05, 3.63) is 64.9 Å². The van der Waals surface area contributed by atoms with E-state index in [0.717, 1.165) is 40.8 Å². The number of aromatic nitrogens is 2. The largest absolute Gasteiger partial charge is 0.326 e. The molecule has 5 rings (SSSR count). The fourth-order valence-corrected chi connectivity index (χ4v) is 5.20. The quantitative estimate of drug-likeness (QED) is 0.606. The van der Waals surface area contributed by atoms with Crippen molar-refractivity contribution in [2.24, 2.45) is 0 Å². The number of fused-ring (bicyclic) bond motifs is 1. The molecule has 4 nitrogen and oxygen atoms in total. The number of benzene rings is 2. The number of nitrogens with zero attached hydrogens (tertiary/aromatic N) is 4. The van der Waals surface area contributed by atoms with Gasteiger partial charge in [-0.25, -0.2) is 4.98 Å². The van der Waals surface area contributed by atoms with E-state index >= 15 is 0 Å². The Morgan fingerprint density at radius 1 is 0.966 bits per heavy atom. The summed E-state index contributed by atoms with van der Waals surface area (Å²) in [6.07, 6.45) is 7.37. The van der Waals surface area contributed by atoms with Gasteiger partial charge in [-0.2, -0.15) is 0 Å². The van der Waals surface area contributed by atoms with Crippen molar-refractivity contribution in [2.45, 2.75) is 44.8 Å². The van der Waals surface area contributed by atoms with Crippen LogP contribution in [0.1, 0.15) is 36.8 Å². The van der Waals surface area contributed by atoms with Crippen LogP contribution in [0.15, 0.2) is 48.8 Å². The van der Waals surface area contributed by atoms with Gasteiger partial charge in [0.1, 0.15) is 0 Å². The molecule has 29 heavy (non-hydrogen) atoms. The molecule has 0 N–H and O–H groups in total. The third-order valence-electron chi connectivity index (χ3n) is 6.55. The van der Waals surface area contributed by atoms with E-state index < -0.39 is 0 Å². The minimum absolute atomic E-state index is 0.750. The van der Waals surface area contributed by atoms with Crippen LogP contribution < -0.4 is 0 Å². The first kappa shape index (κ1) is 19.1. The van der Waals surface area contributed by atoms with Crippen LogP contribution in [-0.4, -0.2) is 51.6 Å². The van der Waals surface area contributed by atoms with Gasteiger partial charge in [-0.1, -0.05) is 42.3 Å². The lowest BCUT2D eigenvalue weighted by Crippen LogP contribution is -2.40. The number of imidazole rings is 1. The predicted molar refractivity (Wildman–Crippen MR) is 119 cm³/mol. The maximum absolute atomic E-state index is 6.67. The van der Waals surface area contributed by atoms with Gasteiger partial charge in [-0.3, -0.25) is 9.80 Å². The third-order valence-corrected chi connectivity index (χ3v) is 6.90. The molecule has 0 spiro atoms. The number of hydrogen-bond acceptors (Lipinski definition) is 3. The van der Waals surface area contributed by atoms with E-state index in [2.05, 4.69) is 49.7 Å². The maximum atomic E-state index is 6.67. The number of rotatable bonds is 5. The van der Waals surface area contributed by atoms with Crippen molar-refractivity contribution < 1.29 is 0 Å². The van der Waals surface area contributed by atoms with Crippen molar-refractivity contribution in [2.75, 3.05) is 26.2 Å². The van der Waals surface area contributed by atoms with E-state index in [1.165, 1.54) is 57.4 Å². The summed E-state index contributed by atoms with van der Waals surface area (Å²) in [5.41, 5.74) is 4.63. The molecule has 152 valence electrons. The van der Waals surface area contributed by atoms with Gasteiger partial charge in [0.2, 0.25) is 0 Å². The first-order valence-corrected chi connectivity index (χ1v) is 11.3. The second kappa shape index (κ2) is 8.47. The topological polar surface area (TPSA) is 24.3 Å². The van der Waals surface area contributed by atoms with Crippen LogP contribution in [-0.2, 0) is 13.1 Å². The lowest BCUT2D eigenvalue weighted by molar-refractivity contribution is 0.161. The van der Waals surface area contributed by atoms with Crippen molar-refractivity contribution >= 4 is 22.6 Å². The number of hydrogen-bond donors (Lipinski definition) is 0. The smallest absolute Gasteiger partial charge is 0.0961 e. The minimum atomic E-state index is 0.750. The summed E-state index contributed by atoms with van der Waals surface area (Å²) in [6.45, 7) is 6.73. The second-order valence-corrected chi connectivity index (χ2v) is 8.97. The van der Waals surface area contributed by atoms with Crippen LogP contribution in [0, 0.1) is 0 Å². The summed E-state index contributed by atoms with van der Waals surface area (Å²) in [6, 6.07) is 15.6. The minimum Gasteiger partial charge on any atom is -0.326 e. The van der Waals surface area contributed by atoms with Gasteiger partial charge in [0.15, 0.2) is 0 Å². The second-order valence-electron chi connectivity index (χ2n) is 8.56. The van der Waals surface area contributed by atoms with Crippen LogP contribution in [0.5, 0.6) is 0 Å². The summed E-state index contributed by atoms with van der Waals surface area (Å²) in [5, 5.41) is 0.854. The molecule has 0 aliphatic carbocycles. The van der Waals surface area contributed by atoms with Gasteiger partial charge in [-0.05, 0) is 61.7 Å². The lowest BCUT2D eigenvalue weighted by atomic mass is 10.1. The Bertz CT molecular complexity index is 976. The number of likely N-dealkylation sites (tertiary alicyclic amines) is 2. The summed E-state index contributed by atoms with van der Waals surface area (Å²) >= 11 is 6.67. The summed E-state index contributed by atoms with van der Waals surface area (Å²) < 4.78 is 2.17. The average Bonchev–Trinajstić information content (AvgIpc) is 3.38. The predicted octanol–water partition coefficient (Wildman–Crippen LogP) is 4.80. The van der Waals surface area contributed by atoms with Gasteiger partial charge in [-0.15, -0.1) is 0 Å². The molecule has 0 radical (unpaired) electrons. The van der Waals surface area contributed by atoms with E-state index in [1.54, 1.807) is 0 Å². The molecule has 2 saturated heterocycles. The molecule has 0 amide bonds. The molecule has 2 fully saturated rings. The van der Waals surface area contributed by atoms with Crippen LogP contribution >= 0.6 is 11.6 Å². The average molecular weight is 409 g/mol. The fourth-order valence-electron chi connectivity index (χ4n) is 4.93. The lowest BCUT2D eigenvalue weighted by Gasteiger charge is -2.32. The Balaban J connectivity index is 1.23. The standard InChI is InChI=1S/C24H29ClN4/c25-22-14-19(15-27-13-10-21(17-27)28-11-4-1-5-12-28)8-9-20(22)16-29-18-26-23-6-2-3-7-24(23)29/h2-3,6-9,14,18,21H,1,4-5,10-13,15-17H2. The van der Waals surface area contributed by atoms with E-state index in [4.69, 9.17) is 11.6 Å². The fraction of sp³-hybridized carbons (Fsp3) is 0.458. The summed E-state index contributed by atoms with van der Waals surface area (Å²) in [5.74, 6) is 0. The van der Waals surface area contributed by atoms with Crippen molar-refractivity contribution in [3.63, 3.8) is 0 Å². The Morgan fingerprint density at radius 3 is 2.69 bits per heavy atom. The van der Waals surface area contributed by atoms with Gasteiger partial charge in [0.05, 0.1) is 23.9 Å². The highest BCUT2D eigenvalue weighted by molar-refractivity contribution is 6.31. The molecule has 5 heteroatoms. The first-order chi connectivity index (χ1) is 14.3. The van der Waals surface area contributed by atoms with Gasteiger partial charge in [0, 0.05) is 30.7 Å². The first-order valence-electron chi connectivity index (χ1n) is 10.9. The Labute approximate surface area is 178 Å². The van der Waals surface area contributed by atoms with Gasteiger partial charge < -0.3 is 4.57 Å². The highest BCUT2D eigenvalue weighted by Crippen LogP contribution is 2.25. The van der Waals surface area contributed by atoms with Gasteiger partial charge >= 0.3 is 0 Å². The van der Waals surface area contributed by atoms with Crippen LogP contribution in [0.25, 0.3) is 11.0 Å². The van der Waals surface area contributed by atoms with Crippen LogP contribution in [0.4, 0.5) is 0 Å². The summed E-state index contributed by atoms with van der Waals surface area (Å²) in [4.78, 5) is 9.79. The SMILES string of the molecule is Clc1cc(CN2CCC(N3CCCCC3)C2)ccc1Cn1cnc2ccccc21. The van der Waals surface area contributed by atoms with Crippen LogP contribution in [0.3, 0.4) is 0 Å². The molecule has 1 unspecified atom stereocenters. The van der Waals surface area contributed by atoms with Crippen molar-refractivity contribution in [1.29, 1.82) is 0 Å². The van der Waals surface area contributed by atoms with E-state index in [1.807, 2.05) is 18.5 Å². The highest BCUT2D eigenvalue weighted by atomic mass is 35.5. The maximum Gasteiger partial charge on any atom is 0.0961 e. The molecular weight excluding hydrogens is 380 g/mol. The molecule has 2 aliphatic heterocycles. The Morgan fingerprint density at radius 2 is 1.83 bits per heavy atom. The molecule has 0 saturated carbocycles. The Kier molecular flexibility index (Phi) is 5.58. The number of para-hydroxylation sites is 2. The zero-order chi connectivity index (χ0) is 19.6. The number of halogens is 1. The highest BCUT2D eigenvalue weighted by Gasteiger charge is 2.28. The number of piperidine rings is 1. The molecule has 3 aromatic rings. The third kappa shape index (κ3) is 4.20. The van der Waals surface area contributed by atoms with E-state index in [-0.39, 0.29) is 0 Å². The molecule has 3 heterocycles. The van der Waals surface area contributed by atoms with Crippen LogP contribution in [0.2, 0.25) is 5.02 Å². The Hall–Kier alpha value is -1.88. The molecule has 2 aliphatic rings.